The smallest absolute Gasteiger partial charge is 0.344 e. The first kappa shape index (κ1) is 14.3. The number of rotatable bonds is 5. The molecule has 0 spiro atoms. The zero-order chi connectivity index (χ0) is 13.4. The van der Waals surface area contributed by atoms with Crippen LogP contribution in [-0.4, -0.2) is 25.2 Å². The van der Waals surface area contributed by atoms with Gasteiger partial charge in [-0.25, -0.2) is 9.59 Å². The van der Waals surface area contributed by atoms with Gasteiger partial charge < -0.3 is 9.47 Å². The molecule has 0 aliphatic heterocycles. The summed E-state index contributed by atoms with van der Waals surface area (Å²) in [6, 6.07) is 6.95. The Hall–Kier alpha value is -1.81. The topological polar surface area (TPSA) is 52.6 Å². The number of halogens is 1. The van der Waals surface area contributed by atoms with Crippen LogP contribution in [0.1, 0.15) is 12.5 Å². The zero-order valence-corrected chi connectivity index (χ0v) is 10.6. The summed E-state index contributed by atoms with van der Waals surface area (Å²) in [5.74, 6) is -1.16. The van der Waals surface area contributed by atoms with E-state index < -0.39 is 11.9 Å². The van der Waals surface area contributed by atoms with Gasteiger partial charge in [0.15, 0.2) is 6.61 Å². The van der Waals surface area contributed by atoms with Gasteiger partial charge in [-0.15, -0.1) is 0 Å². The molecule has 0 saturated heterocycles. The fourth-order valence-electron chi connectivity index (χ4n) is 1.12. The van der Waals surface area contributed by atoms with E-state index in [1.807, 2.05) is 0 Å². The van der Waals surface area contributed by atoms with Gasteiger partial charge in [-0.2, -0.15) is 0 Å². The van der Waals surface area contributed by atoms with Gasteiger partial charge in [0.25, 0.3) is 0 Å². The lowest BCUT2D eigenvalue weighted by Crippen LogP contribution is -2.14. The molecule has 0 unspecified atom stereocenters. The Morgan fingerprint density at radius 1 is 1.22 bits per heavy atom. The first-order valence-corrected chi connectivity index (χ1v) is 5.75. The fraction of sp³-hybridized carbons (Fsp3) is 0.231. The van der Waals surface area contributed by atoms with Crippen LogP contribution in [0.15, 0.2) is 30.3 Å². The van der Waals surface area contributed by atoms with E-state index in [0.717, 1.165) is 5.56 Å². The molecule has 0 N–H and O–H groups in total. The predicted octanol–water partition coefficient (Wildman–Crippen LogP) is 2.46. The van der Waals surface area contributed by atoms with E-state index >= 15 is 0 Å². The molecule has 96 valence electrons. The maximum Gasteiger partial charge on any atom is 0.344 e. The lowest BCUT2D eigenvalue weighted by Gasteiger charge is -2.01. The third-order valence-electron chi connectivity index (χ3n) is 1.92. The summed E-state index contributed by atoms with van der Waals surface area (Å²) in [6.07, 6.45) is 2.81. The second-order valence-electron chi connectivity index (χ2n) is 3.30. The number of carbonyl (C=O) groups is 2. The average molecular weight is 269 g/mol. The molecule has 5 heteroatoms. The van der Waals surface area contributed by atoms with E-state index in [9.17, 15) is 9.59 Å². The number of ether oxygens (including phenoxy) is 2. The van der Waals surface area contributed by atoms with E-state index in [-0.39, 0.29) is 13.2 Å². The molecule has 1 rings (SSSR count). The van der Waals surface area contributed by atoms with E-state index in [1.165, 1.54) is 6.08 Å². The van der Waals surface area contributed by atoms with Crippen molar-refractivity contribution >= 4 is 29.6 Å². The summed E-state index contributed by atoms with van der Waals surface area (Å²) in [5, 5.41) is 0.622. The molecule has 0 bridgehead atoms. The summed E-state index contributed by atoms with van der Waals surface area (Å²) < 4.78 is 9.29. The highest BCUT2D eigenvalue weighted by atomic mass is 35.5. The predicted molar refractivity (Wildman–Crippen MR) is 68.1 cm³/mol. The summed E-state index contributed by atoms with van der Waals surface area (Å²) in [6.45, 7) is 1.56. The van der Waals surface area contributed by atoms with E-state index in [1.54, 1.807) is 37.3 Å². The van der Waals surface area contributed by atoms with Crippen molar-refractivity contribution in [2.75, 3.05) is 13.2 Å². The van der Waals surface area contributed by atoms with E-state index in [4.69, 9.17) is 11.6 Å². The summed E-state index contributed by atoms with van der Waals surface area (Å²) in [4.78, 5) is 22.2. The third kappa shape index (κ3) is 5.50. The molecule has 1 aromatic rings. The second-order valence-corrected chi connectivity index (χ2v) is 3.73. The highest BCUT2D eigenvalue weighted by molar-refractivity contribution is 6.30. The number of hydrogen-bond donors (Lipinski definition) is 0. The van der Waals surface area contributed by atoms with Crippen molar-refractivity contribution in [3.63, 3.8) is 0 Å². The molecule has 0 atom stereocenters. The molecule has 0 aliphatic rings. The van der Waals surface area contributed by atoms with Crippen LogP contribution >= 0.6 is 11.6 Å². The maximum atomic E-state index is 11.2. The molecule has 0 amide bonds. The quantitative estimate of drug-likeness (QED) is 0.608. The van der Waals surface area contributed by atoms with Gasteiger partial charge >= 0.3 is 11.9 Å². The number of benzene rings is 1. The SMILES string of the molecule is CCOC(=O)COC(=O)/C=C/c1ccc(Cl)cc1. The molecule has 18 heavy (non-hydrogen) atoms. The summed E-state index contributed by atoms with van der Waals surface area (Å²) >= 11 is 5.72. The first-order valence-electron chi connectivity index (χ1n) is 5.38. The first-order chi connectivity index (χ1) is 8.61. The lowest BCUT2D eigenvalue weighted by atomic mass is 10.2. The molecule has 0 radical (unpaired) electrons. The van der Waals surface area contributed by atoms with Gasteiger partial charge in [-0.05, 0) is 30.7 Å². The van der Waals surface area contributed by atoms with Crippen LogP contribution in [0.2, 0.25) is 5.02 Å². The van der Waals surface area contributed by atoms with Gasteiger partial charge in [0.1, 0.15) is 0 Å². The second kappa shape index (κ2) is 7.50. The van der Waals surface area contributed by atoms with Crippen LogP contribution in [-0.2, 0) is 19.1 Å². The van der Waals surface area contributed by atoms with Crippen molar-refractivity contribution < 1.29 is 19.1 Å². The van der Waals surface area contributed by atoms with Crippen LogP contribution in [0.3, 0.4) is 0 Å². The Morgan fingerprint density at radius 3 is 2.50 bits per heavy atom. The van der Waals surface area contributed by atoms with Crippen molar-refractivity contribution in [1.29, 1.82) is 0 Å². The number of esters is 2. The average Bonchev–Trinajstić information content (AvgIpc) is 2.36. The number of hydrogen-bond acceptors (Lipinski definition) is 4. The van der Waals surface area contributed by atoms with Gasteiger partial charge in [0, 0.05) is 11.1 Å². The van der Waals surface area contributed by atoms with Crippen molar-refractivity contribution in [3.05, 3.63) is 40.9 Å². The highest BCUT2D eigenvalue weighted by Gasteiger charge is 2.04. The maximum absolute atomic E-state index is 11.2. The summed E-state index contributed by atoms with van der Waals surface area (Å²) in [7, 11) is 0. The standard InChI is InChI=1S/C13H13ClO4/c1-2-17-13(16)9-18-12(15)8-5-10-3-6-11(14)7-4-10/h3-8H,2,9H2,1H3/b8-5+. The van der Waals surface area contributed by atoms with Crippen molar-refractivity contribution in [2.24, 2.45) is 0 Å². The van der Waals surface area contributed by atoms with Gasteiger partial charge in [0.2, 0.25) is 0 Å². The van der Waals surface area contributed by atoms with Crippen molar-refractivity contribution in [2.45, 2.75) is 6.92 Å². The van der Waals surface area contributed by atoms with Crippen molar-refractivity contribution in [3.8, 4) is 0 Å². The van der Waals surface area contributed by atoms with Gasteiger partial charge in [-0.1, -0.05) is 23.7 Å². The Bertz CT molecular complexity index is 437. The minimum Gasteiger partial charge on any atom is -0.463 e. The molecule has 0 saturated carbocycles. The van der Waals surface area contributed by atoms with Gasteiger partial charge in [-0.3, -0.25) is 0 Å². The Balaban J connectivity index is 2.40. The molecule has 0 aromatic heterocycles. The molecule has 1 aromatic carbocycles. The minimum absolute atomic E-state index is 0.261. The fourth-order valence-corrected chi connectivity index (χ4v) is 1.24. The summed E-state index contributed by atoms with van der Waals surface area (Å²) in [5.41, 5.74) is 0.812. The molecule has 0 heterocycles. The van der Waals surface area contributed by atoms with E-state index in [2.05, 4.69) is 9.47 Å². The Labute approximate surface area is 110 Å². The molecular weight excluding hydrogens is 256 g/mol. The van der Waals surface area contributed by atoms with Crippen LogP contribution in [0.25, 0.3) is 6.08 Å². The lowest BCUT2D eigenvalue weighted by molar-refractivity contribution is -0.155. The minimum atomic E-state index is -0.599. The Kier molecular flexibility index (Phi) is 5.94. The number of carbonyl (C=O) groups excluding carboxylic acids is 2. The largest absolute Gasteiger partial charge is 0.463 e. The van der Waals surface area contributed by atoms with E-state index in [0.29, 0.717) is 5.02 Å². The van der Waals surface area contributed by atoms with Crippen LogP contribution in [0, 0.1) is 0 Å². The van der Waals surface area contributed by atoms with Gasteiger partial charge in [0.05, 0.1) is 6.61 Å². The molecule has 0 aliphatic carbocycles. The van der Waals surface area contributed by atoms with Crippen LogP contribution in [0.5, 0.6) is 0 Å². The normalized spacial score (nSPS) is 10.3. The van der Waals surface area contributed by atoms with Crippen molar-refractivity contribution in [1.82, 2.24) is 0 Å². The van der Waals surface area contributed by atoms with Crippen LogP contribution < -0.4 is 0 Å². The molecule has 4 nitrogen and oxygen atoms in total. The Morgan fingerprint density at radius 2 is 1.89 bits per heavy atom. The monoisotopic (exact) mass is 268 g/mol. The molecular formula is C13H13ClO4. The zero-order valence-electron chi connectivity index (χ0n) is 9.89. The molecule has 0 fully saturated rings. The highest BCUT2D eigenvalue weighted by Crippen LogP contribution is 2.10. The third-order valence-corrected chi connectivity index (χ3v) is 2.17. The van der Waals surface area contributed by atoms with Crippen LogP contribution in [0.4, 0.5) is 0 Å².